The van der Waals surface area contributed by atoms with Crippen molar-refractivity contribution in [1.29, 1.82) is 5.26 Å². The van der Waals surface area contributed by atoms with Crippen molar-refractivity contribution in [3.8, 4) is 23.1 Å². The molecule has 1 heterocycles. The Balaban J connectivity index is 1.99. The maximum absolute atomic E-state index is 11.0. The van der Waals surface area contributed by atoms with E-state index >= 15 is 0 Å². The molecule has 0 radical (unpaired) electrons. The molecule has 2 aromatic carbocycles. The van der Waals surface area contributed by atoms with E-state index in [0.29, 0.717) is 39.0 Å². The second kappa shape index (κ2) is 7.77. The molecule has 3 rings (SSSR count). The van der Waals surface area contributed by atoms with Gasteiger partial charge in [0, 0.05) is 17.2 Å². The molecule has 6 nitrogen and oxygen atoms in total. The van der Waals surface area contributed by atoms with E-state index in [1.54, 1.807) is 42.5 Å². The highest BCUT2D eigenvalue weighted by Gasteiger charge is 2.16. The monoisotopic (exact) mass is 380 g/mol. The van der Waals surface area contributed by atoms with E-state index in [-0.39, 0.29) is 5.69 Å². The van der Waals surface area contributed by atoms with Crippen LogP contribution in [0.5, 0.6) is 5.75 Å². The van der Waals surface area contributed by atoms with Crippen LogP contribution in [0.15, 0.2) is 59.0 Å². The van der Waals surface area contributed by atoms with Crippen LogP contribution in [-0.2, 0) is 0 Å². The van der Waals surface area contributed by atoms with E-state index in [9.17, 15) is 15.4 Å². The number of benzene rings is 2. The van der Waals surface area contributed by atoms with E-state index in [4.69, 9.17) is 20.8 Å². The quantitative estimate of drug-likeness (QED) is 0.327. The van der Waals surface area contributed by atoms with E-state index in [1.807, 2.05) is 0 Å². The van der Waals surface area contributed by atoms with Gasteiger partial charge in [0.2, 0.25) is 0 Å². The van der Waals surface area contributed by atoms with Crippen molar-refractivity contribution in [3.63, 3.8) is 0 Å². The standard InChI is InChI=1S/C20H13ClN2O4/c1-26-19-8-6-16(23(24)25)11-18(19)20-9-7-17(27-20)10-14(12-22)13-2-4-15(21)5-3-13/h2-11H,1H3. The SMILES string of the molecule is COc1ccc([N+](=O)[O-])cc1-c1ccc(C=C(C#N)c2ccc(Cl)cc2)o1. The van der Waals surface area contributed by atoms with Gasteiger partial charge in [0.05, 0.1) is 29.2 Å². The summed E-state index contributed by atoms with van der Waals surface area (Å²) in [5.41, 5.74) is 1.49. The summed E-state index contributed by atoms with van der Waals surface area (Å²) in [7, 11) is 1.47. The molecule has 3 aromatic rings. The summed E-state index contributed by atoms with van der Waals surface area (Å²) in [5, 5.41) is 21.0. The third-order valence-corrected chi connectivity index (χ3v) is 4.10. The molecule has 1 aromatic heterocycles. The minimum atomic E-state index is -0.485. The summed E-state index contributed by atoms with van der Waals surface area (Å²) in [6.07, 6.45) is 1.59. The van der Waals surface area contributed by atoms with Gasteiger partial charge in [-0.2, -0.15) is 5.26 Å². The van der Waals surface area contributed by atoms with Crippen LogP contribution < -0.4 is 4.74 Å². The van der Waals surface area contributed by atoms with Crippen LogP contribution in [0.2, 0.25) is 5.02 Å². The molecule has 0 aliphatic rings. The van der Waals surface area contributed by atoms with E-state index in [0.717, 1.165) is 0 Å². The summed E-state index contributed by atoms with van der Waals surface area (Å²) in [5.74, 6) is 1.28. The third-order valence-electron chi connectivity index (χ3n) is 3.85. The van der Waals surface area contributed by atoms with Gasteiger partial charge >= 0.3 is 0 Å². The van der Waals surface area contributed by atoms with Crippen molar-refractivity contribution in [2.45, 2.75) is 0 Å². The van der Waals surface area contributed by atoms with Crippen LogP contribution in [0.3, 0.4) is 0 Å². The molecule has 0 atom stereocenters. The minimum Gasteiger partial charge on any atom is -0.496 e. The van der Waals surface area contributed by atoms with Crippen LogP contribution in [0.1, 0.15) is 11.3 Å². The van der Waals surface area contributed by atoms with E-state index in [2.05, 4.69) is 6.07 Å². The molecule has 0 unspecified atom stereocenters. The number of nitro groups is 1. The average molecular weight is 381 g/mol. The molecular weight excluding hydrogens is 368 g/mol. The number of rotatable bonds is 5. The summed E-state index contributed by atoms with van der Waals surface area (Å²) < 4.78 is 11.0. The highest BCUT2D eigenvalue weighted by Crippen LogP contribution is 2.35. The number of non-ortho nitro benzene ring substituents is 1. The normalized spacial score (nSPS) is 11.1. The molecule has 0 spiro atoms. The first-order valence-electron chi connectivity index (χ1n) is 7.82. The van der Waals surface area contributed by atoms with Gasteiger partial charge in [-0.05, 0) is 42.0 Å². The number of ether oxygens (including phenoxy) is 1. The maximum Gasteiger partial charge on any atom is 0.270 e. The summed E-state index contributed by atoms with van der Waals surface area (Å²) in [6.45, 7) is 0. The highest BCUT2D eigenvalue weighted by atomic mass is 35.5. The fourth-order valence-electron chi connectivity index (χ4n) is 2.53. The van der Waals surface area contributed by atoms with Crippen molar-refractivity contribution in [2.24, 2.45) is 0 Å². The first kappa shape index (κ1) is 18.2. The molecule has 0 aliphatic heterocycles. The van der Waals surface area contributed by atoms with Crippen molar-refractivity contribution in [3.05, 3.63) is 81.1 Å². The Bertz CT molecular complexity index is 1060. The van der Waals surface area contributed by atoms with Crippen LogP contribution in [0, 0.1) is 21.4 Å². The molecule has 0 saturated carbocycles. The van der Waals surface area contributed by atoms with Gasteiger partial charge in [0.15, 0.2) is 0 Å². The first-order chi connectivity index (χ1) is 13.0. The van der Waals surface area contributed by atoms with Gasteiger partial charge in [-0.3, -0.25) is 10.1 Å². The zero-order chi connectivity index (χ0) is 19.4. The topological polar surface area (TPSA) is 89.3 Å². The van der Waals surface area contributed by atoms with Crippen LogP contribution in [-0.4, -0.2) is 12.0 Å². The lowest BCUT2D eigenvalue weighted by Gasteiger charge is -2.05. The Labute approximate surface area is 160 Å². The van der Waals surface area contributed by atoms with Gasteiger partial charge in [0.25, 0.3) is 5.69 Å². The summed E-state index contributed by atoms with van der Waals surface area (Å²) in [4.78, 5) is 10.5. The van der Waals surface area contributed by atoms with Gasteiger partial charge in [-0.1, -0.05) is 23.7 Å². The molecular formula is C20H13ClN2O4. The second-order valence-electron chi connectivity index (χ2n) is 5.52. The fourth-order valence-corrected chi connectivity index (χ4v) is 2.66. The van der Waals surface area contributed by atoms with Gasteiger partial charge in [-0.15, -0.1) is 0 Å². The summed E-state index contributed by atoms with van der Waals surface area (Å²) >= 11 is 5.87. The minimum absolute atomic E-state index is 0.0711. The van der Waals surface area contributed by atoms with Gasteiger partial charge < -0.3 is 9.15 Å². The van der Waals surface area contributed by atoms with Gasteiger partial charge in [0.1, 0.15) is 17.3 Å². The molecule has 0 aliphatic carbocycles. The Morgan fingerprint density at radius 2 is 1.96 bits per heavy atom. The molecule has 0 fully saturated rings. The number of nitro benzene ring substituents is 1. The van der Waals surface area contributed by atoms with Crippen LogP contribution in [0.4, 0.5) is 5.69 Å². The number of nitriles is 1. The van der Waals surface area contributed by atoms with Crippen molar-refractivity contribution >= 4 is 28.9 Å². The average Bonchev–Trinajstić information content (AvgIpc) is 3.14. The molecule has 7 heteroatoms. The second-order valence-corrected chi connectivity index (χ2v) is 5.96. The Kier molecular flexibility index (Phi) is 5.25. The van der Waals surface area contributed by atoms with E-state index < -0.39 is 4.92 Å². The van der Waals surface area contributed by atoms with Crippen LogP contribution in [0.25, 0.3) is 23.0 Å². The van der Waals surface area contributed by atoms with Crippen molar-refractivity contribution in [2.75, 3.05) is 7.11 Å². The Hall–Kier alpha value is -3.56. The number of allylic oxidation sites excluding steroid dienone is 1. The molecule has 0 bridgehead atoms. The lowest BCUT2D eigenvalue weighted by Crippen LogP contribution is -1.91. The third kappa shape index (κ3) is 4.00. The highest BCUT2D eigenvalue weighted by molar-refractivity contribution is 6.30. The van der Waals surface area contributed by atoms with Crippen LogP contribution >= 0.6 is 11.6 Å². The molecule has 0 amide bonds. The number of furan rings is 1. The van der Waals surface area contributed by atoms with Gasteiger partial charge in [-0.25, -0.2) is 0 Å². The van der Waals surface area contributed by atoms with E-state index in [1.165, 1.54) is 25.3 Å². The predicted molar refractivity (Wildman–Crippen MR) is 102 cm³/mol. The summed E-state index contributed by atoms with van der Waals surface area (Å²) in [6, 6.07) is 16.6. The number of hydrogen-bond donors (Lipinski definition) is 0. The predicted octanol–water partition coefficient (Wildman–Crippen LogP) is 5.58. The largest absolute Gasteiger partial charge is 0.496 e. The number of halogens is 1. The molecule has 134 valence electrons. The molecule has 27 heavy (non-hydrogen) atoms. The number of methoxy groups -OCH3 is 1. The molecule has 0 saturated heterocycles. The molecule has 0 N–H and O–H groups in total. The Morgan fingerprint density at radius 3 is 2.59 bits per heavy atom. The Morgan fingerprint density at radius 1 is 1.22 bits per heavy atom. The maximum atomic E-state index is 11.0. The fraction of sp³-hybridized carbons (Fsp3) is 0.0500. The van der Waals surface area contributed by atoms with Crippen molar-refractivity contribution in [1.82, 2.24) is 0 Å². The lowest BCUT2D eigenvalue weighted by molar-refractivity contribution is -0.384. The van der Waals surface area contributed by atoms with Crippen molar-refractivity contribution < 1.29 is 14.1 Å². The number of nitrogens with zero attached hydrogens (tertiary/aromatic N) is 2. The zero-order valence-electron chi connectivity index (χ0n) is 14.2. The first-order valence-corrected chi connectivity index (χ1v) is 8.20. The number of hydrogen-bond acceptors (Lipinski definition) is 5. The smallest absolute Gasteiger partial charge is 0.270 e. The lowest BCUT2D eigenvalue weighted by atomic mass is 10.1. The zero-order valence-corrected chi connectivity index (χ0v) is 14.9.